The van der Waals surface area contributed by atoms with Crippen LogP contribution in [0.5, 0.6) is 0 Å². The van der Waals surface area contributed by atoms with Gasteiger partial charge in [0.1, 0.15) is 18.9 Å². The first-order valence-electron chi connectivity index (χ1n) is 4.82. The van der Waals surface area contributed by atoms with Gasteiger partial charge >= 0.3 is 0 Å². The maximum Gasteiger partial charge on any atom is 0.130 e. The number of nitrogens with zero attached hydrogens (tertiary/aromatic N) is 4. The standard InChI is InChI=1S/C11H12N4O/c1-9(16)10-2-5-14-11(8-10)15(6-3-12)7-4-13/h2,5,8-9,16H,6-7H2,1H3/t9-/m1/s1. The van der Waals surface area contributed by atoms with Crippen molar-refractivity contribution in [3.63, 3.8) is 0 Å². The third-order valence-electron chi connectivity index (χ3n) is 2.10. The van der Waals surface area contributed by atoms with Crippen molar-refractivity contribution >= 4 is 5.82 Å². The van der Waals surface area contributed by atoms with Crippen LogP contribution in [-0.4, -0.2) is 23.2 Å². The molecule has 0 spiro atoms. The third-order valence-corrected chi connectivity index (χ3v) is 2.10. The van der Waals surface area contributed by atoms with Gasteiger partial charge in [-0.25, -0.2) is 4.98 Å². The Labute approximate surface area is 94.2 Å². The number of aliphatic hydroxyl groups excluding tert-OH is 1. The van der Waals surface area contributed by atoms with E-state index in [1.54, 1.807) is 30.2 Å². The van der Waals surface area contributed by atoms with Crippen LogP contribution < -0.4 is 4.90 Å². The molecule has 0 amide bonds. The van der Waals surface area contributed by atoms with Crippen LogP contribution in [0, 0.1) is 22.7 Å². The summed E-state index contributed by atoms with van der Waals surface area (Å²) in [6.07, 6.45) is 0.965. The van der Waals surface area contributed by atoms with Gasteiger partial charge in [0.2, 0.25) is 0 Å². The highest BCUT2D eigenvalue weighted by Gasteiger charge is 2.09. The SMILES string of the molecule is C[C@@H](O)c1ccnc(N(CC#N)CC#N)c1. The second kappa shape index (κ2) is 5.69. The van der Waals surface area contributed by atoms with Gasteiger partial charge in [-0.3, -0.25) is 0 Å². The van der Waals surface area contributed by atoms with Crippen LogP contribution >= 0.6 is 0 Å². The lowest BCUT2D eigenvalue weighted by molar-refractivity contribution is 0.199. The quantitative estimate of drug-likeness (QED) is 0.758. The predicted octanol–water partition coefficient (Wildman–Crippen LogP) is 0.988. The summed E-state index contributed by atoms with van der Waals surface area (Å²) in [5.74, 6) is 0.529. The average Bonchev–Trinajstić information content (AvgIpc) is 2.29. The fraction of sp³-hybridized carbons (Fsp3) is 0.364. The lowest BCUT2D eigenvalue weighted by Gasteiger charge is -2.17. The van der Waals surface area contributed by atoms with E-state index in [9.17, 15) is 5.11 Å². The van der Waals surface area contributed by atoms with E-state index in [-0.39, 0.29) is 13.1 Å². The van der Waals surface area contributed by atoms with Crippen LogP contribution in [0.25, 0.3) is 0 Å². The van der Waals surface area contributed by atoms with Crippen LogP contribution in [0.4, 0.5) is 5.82 Å². The highest BCUT2D eigenvalue weighted by molar-refractivity contribution is 5.43. The van der Waals surface area contributed by atoms with E-state index < -0.39 is 6.10 Å². The van der Waals surface area contributed by atoms with Crippen LogP contribution in [0.1, 0.15) is 18.6 Å². The molecule has 5 heteroatoms. The zero-order chi connectivity index (χ0) is 12.0. The molecule has 0 radical (unpaired) electrons. The fourth-order valence-corrected chi connectivity index (χ4v) is 1.26. The van der Waals surface area contributed by atoms with Crippen molar-refractivity contribution in [2.75, 3.05) is 18.0 Å². The maximum atomic E-state index is 9.41. The molecule has 0 unspecified atom stereocenters. The molecule has 1 atom stereocenters. The van der Waals surface area contributed by atoms with Crippen LogP contribution in [-0.2, 0) is 0 Å². The summed E-state index contributed by atoms with van der Waals surface area (Å²) in [5.41, 5.74) is 0.714. The van der Waals surface area contributed by atoms with Crippen LogP contribution in [0.2, 0.25) is 0 Å². The van der Waals surface area contributed by atoms with E-state index in [1.165, 1.54) is 0 Å². The Bertz CT molecular complexity index is 414. The number of nitriles is 2. The molecule has 1 rings (SSSR count). The molecule has 0 aliphatic heterocycles. The van der Waals surface area contributed by atoms with E-state index >= 15 is 0 Å². The molecular formula is C11H12N4O. The second-order valence-corrected chi connectivity index (χ2v) is 3.30. The second-order valence-electron chi connectivity index (χ2n) is 3.30. The normalized spacial score (nSPS) is 11.2. The van der Waals surface area contributed by atoms with Gasteiger partial charge in [0.05, 0.1) is 18.2 Å². The van der Waals surface area contributed by atoms with E-state index in [4.69, 9.17) is 10.5 Å². The predicted molar refractivity (Wildman–Crippen MR) is 58.3 cm³/mol. The molecule has 5 nitrogen and oxygen atoms in total. The first-order valence-corrected chi connectivity index (χ1v) is 4.82. The molecule has 1 N–H and O–H groups in total. The van der Waals surface area contributed by atoms with Gasteiger partial charge in [-0.2, -0.15) is 10.5 Å². The van der Waals surface area contributed by atoms with Crippen molar-refractivity contribution < 1.29 is 5.11 Å². The molecule has 0 fully saturated rings. The molecule has 82 valence electrons. The van der Waals surface area contributed by atoms with Crippen LogP contribution in [0.15, 0.2) is 18.3 Å². The van der Waals surface area contributed by atoms with Crippen molar-refractivity contribution in [1.29, 1.82) is 10.5 Å². The van der Waals surface area contributed by atoms with E-state index in [2.05, 4.69) is 4.98 Å². The Kier molecular flexibility index (Phi) is 4.26. The monoisotopic (exact) mass is 216 g/mol. The Morgan fingerprint density at radius 2 is 2.06 bits per heavy atom. The van der Waals surface area contributed by atoms with E-state index in [1.807, 2.05) is 12.1 Å². The third kappa shape index (κ3) is 2.94. The van der Waals surface area contributed by atoms with Crippen LogP contribution in [0.3, 0.4) is 0 Å². The summed E-state index contributed by atoms with van der Waals surface area (Å²) in [5, 5.41) is 26.7. The van der Waals surface area contributed by atoms with Gasteiger partial charge in [0.25, 0.3) is 0 Å². The molecule has 0 bridgehead atoms. The number of aromatic nitrogens is 1. The molecule has 0 aliphatic rings. The Balaban J connectivity index is 2.97. The maximum absolute atomic E-state index is 9.41. The summed E-state index contributed by atoms with van der Waals surface area (Å²) < 4.78 is 0. The lowest BCUT2D eigenvalue weighted by atomic mass is 10.1. The number of aliphatic hydroxyl groups is 1. The minimum atomic E-state index is -0.590. The summed E-state index contributed by atoms with van der Waals surface area (Å²) >= 11 is 0. The van der Waals surface area contributed by atoms with Gasteiger partial charge in [0.15, 0.2) is 0 Å². The molecule has 0 aromatic carbocycles. The van der Waals surface area contributed by atoms with Crippen molar-refractivity contribution in [2.45, 2.75) is 13.0 Å². The van der Waals surface area contributed by atoms with E-state index in [0.717, 1.165) is 0 Å². The number of pyridine rings is 1. The molecule has 0 saturated heterocycles. The number of hydrogen-bond donors (Lipinski definition) is 1. The summed E-state index contributed by atoms with van der Waals surface area (Å²) in [7, 11) is 0. The molecule has 1 heterocycles. The topological polar surface area (TPSA) is 83.9 Å². The number of anilines is 1. The van der Waals surface area contributed by atoms with Gasteiger partial charge in [0, 0.05) is 6.20 Å². The first kappa shape index (κ1) is 12.0. The molecular weight excluding hydrogens is 204 g/mol. The molecule has 16 heavy (non-hydrogen) atoms. The van der Waals surface area contributed by atoms with Crippen molar-refractivity contribution in [3.8, 4) is 12.1 Å². The zero-order valence-corrected chi connectivity index (χ0v) is 8.96. The first-order chi connectivity index (χ1) is 7.69. The minimum Gasteiger partial charge on any atom is -0.389 e. The van der Waals surface area contributed by atoms with Gasteiger partial charge in [-0.1, -0.05) is 0 Å². The fourth-order valence-electron chi connectivity index (χ4n) is 1.26. The summed E-state index contributed by atoms with van der Waals surface area (Å²) in [6.45, 7) is 1.85. The van der Waals surface area contributed by atoms with Crippen molar-refractivity contribution in [1.82, 2.24) is 4.98 Å². The lowest BCUT2D eigenvalue weighted by Crippen LogP contribution is -2.24. The summed E-state index contributed by atoms with van der Waals surface area (Å²) in [6, 6.07) is 7.32. The van der Waals surface area contributed by atoms with Gasteiger partial charge < -0.3 is 10.0 Å². The summed E-state index contributed by atoms with van der Waals surface area (Å²) in [4.78, 5) is 5.62. The van der Waals surface area contributed by atoms with Gasteiger partial charge in [-0.05, 0) is 24.6 Å². The molecule has 1 aromatic heterocycles. The van der Waals surface area contributed by atoms with Crippen molar-refractivity contribution in [2.24, 2.45) is 0 Å². The smallest absolute Gasteiger partial charge is 0.130 e. The Morgan fingerprint density at radius 1 is 1.44 bits per heavy atom. The number of hydrogen-bond acceptors (Lipinski definition) is 5. The van der Waals surface area contributed by atoms with E-state index in [0.29, 0.717) is 11.4 Å². The zero-order valence-electron chi connectivity index (χ0n) is 8.96. The Morgan fingerprint density at radius 3 is 2.56 bits per heavy atom. The molecule has 0 aliphatic carbocycles. The van der Waals surface area contributed by atoms with Gasteiger partial charge in [-0.15, -0.1) is 0 Å². The van der Waals surface area contributed by atoms with Crippen molar-refractivity contribution in [3.05, 3.63) is 23.9 Å². The molecule has 0 saturated carbocycles. The molecule has 1 aromatic rings. The Hall–Kier alpha value is -2.11. The largest absolute Gasteiger partial charge is 0.389 e. The minimum absolute atomic E-state index is 0.101. The highest BCUT2D eigenvalue weighted by atomic mass is 16.3. The number of rotatable bonds is 4. The highest BCUT2D eigenvalue weighted by Crippen LogP contribution is 2.17. The average molecular weight is 216 g/mol.